The number of rotatable bonds is 7. The summed E-state index contributed by atoms with van der Waals surface area (Å²) in [7, 11) is 1.63. The Kier molecular flexibility index (Phi) is 6.59. The highest BCUT2D eigenvalue weighted by molar-refractivity contribution is 6.31. The van der Waals surface area contributed by atoms with Crippen LogP contribution in [0.1, 0.15) is 17.2 Å². The summed E-state index contributed by atoms with van der Waals surface area (Å²) in [5, 5.41) is 6.75. The van der Waals surface area contributed by atoms with E-state index < -0.39 is 6.04 Å². The van der Waals surface area contributed by atoms with Crippen molar-refractivity contribution in [2.24, 2.45) is 0 Å². The first-order valence-electron chi connectivity index (χ1n) is 7.46. The van der Waals surface area contributed by atoms with Crippen molar-refractivity contribution in [3.8, 4) is 0 Å². The van der Waals surface area contributed by atoms with E-state index in [2.05, 4.69) is 10.6 Å². The lowest BCUT2D eigenvalue weighted by molar-refractivity contribution is -0.118. The third-order valence-electron chi connectivity index (χ3n) is 3.49. The average Bonchev–Trinajstić information content (AvgIpc) is 2.56. The molecule has 2 aromatic carbocycles. The van der Waals surface area contributed by atoms with Crippen LogP contribution in [-0.4, -0.2) is 26.2 Å². The Balaban J connectivity index is 2.13. The molecule has 0 aliphatic carbocycles. The molecule has 1 atom stereocenters. The second-order valence-electron chi connectivity index (χ2n) is 5.24. The molecule has 0 heterocycles. The minimum absolute atomic E-state index is 0.132. The van der Waals surface area contributed by atoms with Crippen LogP contribution in [0.3, 0.4) is 0 Å². The van der Waals surface area contributed by atoms with Gasteiger partial charge in [0.2, 0.25) is 5.91 Å². The highest BCUT2D eigenvalue weighted by Crippen LogP contribution is 2.21. The SMILES string of the molecule is COCCN[C@@H](C(=O)Nc1ccc(C)c(Cl)c1)c1ccccc1. The third-order valence-corrected chi connectivity index (χ3v) is 3.90. The molecule has 5 heteroatoms. The molecule has 0 spiro atoms. The van der Waals surface area contributed by atoms with E-state index in [9.17, 15) is 4.79 Å². The van der Waals surface area contributed by atoms with E-state index in [1.54, 1.807) is 13.2 Å². The van der Waals surface area contributed by atoms with Gasteiger partial charge in [0, 0.05) is 24.4 Å². The fourth-order valence-electron chi connectivity index (χ4n) is 2.20. The molecule has 0 unspecified atom stereocenters. The summed E-state index contributed by atoms with van der Waals surface area (Å²) in [5.74, 6) is -0.132. The molecular weight excluding hydrogens is 312 g/mol. The van der Waals surface area contributed by atoms with Crippen LogP contribution >= 0.6 is 11.6 Å². The van der Waals surface area contributed by atoms with Crippen LogP contribution in [0.2, 0.25) is 5.02 Å². The van der Waals surface area contributed by atoms with Gasteiger partial charge in [-0.2, -0.15) is 0 Å². The van der Waals surface area contributed by atoms with E-state index in [4.69, 9.17) is 16.3 Å². The van der Waals surface area contributed by atoms with Crippen molar-refractivity contribution in [1.82, 2.24) is 5.32 Å². The molecule has 0 fully saturated rings. The van der Waals surface area contributed by atoms with Crippen LogP contribution in [-0.2, 0) is 9.53 Å². The number of anilines is 1. The van der Waals surface area contributed by atoms with Crippen molar-refractivity contribution in [1.29, 1.82) is 0 Å². The molecule has 2 rings (SSSR count). The van der Waals surface area contributed by atoms with Gasteiger partial charge < -0.3 is 10.1 Å². The number of aryl methyl sites for hydroxylation is 1. The Morgan fingerprint density at radius 3 is 2.61 bits per heavy atom. The van der Waals surface area contributed by atoms with Crippen molar-refractivity contribution in [2.45, 2.75) is 13.0 Å². The van der Waals surface area contributed by atoms with E-state index >= 15 is 0 Å². The van der Waals surface area contributed by atoms with Gasteiger partial charge in [-0.25, -0.2) is 0 Å². The average molecular weight is 333 g/mol. The first-order chi connectivity index (χ1) is 11.1. The second-order valence-corrected chi connectivity index (χ2v) is 5.65. The monoisotopic (exact) mass is 332 g/mol. The maximum atomic E-state index is 12.6. The molecular formula is C18H21ClN2O2. The Morgan fingerprint density at radius 1 is 1.22 bits per heavy atom. The largest absolute Gasteiger partial charge is 0.383 e. The fourth-order valence-corrected chi connectivity index (χ4v) is 2.38. The van der Waals surface area contributed by atoms with Crippen LogP contribution in [0.4, 0.5) is 5.69 Å². The van der Waals surface area contributed by atoms with E-state index in [1.807, 2.05) is 49.4 Å². The van der Waals surface area contributed by atoms with Crippen LogP contribution in [0, 0.1) is 6.92 Å². The predicted octanol–water partition coefficient (Wildman–Crippen LogP) is 3.56. The quantitative estimate of drug-likeness (QED) is 0.762. The normalized spacial score (nSPS) is 12.0. The zero-order chi connectivity index (χ0) is 16.7. The molecule has 1 amide bonds. The molecule has 0 aliphatic heterocycles. The number of halogens is 1. The maximum absolute atomic E-state index is 12.6. The van der Waals surface area contributed by atoms with Crippen LogP contribution < -0.4 is 10.6 Å². The van der Waals surface area contributed by atoms with Crippen LogP contribution in [0.15, 0.2) is 48.5 Å². The number of nitrogens with one attached hydrogen (secondary N) is 2. The van der Waals surface area contributed by atoms with Gasteiger partial charge in [-0.05, 0) is 30.2 Å². The van der Waals surface area contributed by atoms with Gasteiger partial charge >= 0.3 is 0 Å². The highest BCUT2D eigenvalue weighted by Gasteiger charge is 2.20. The molecule has 0 aliphatic rings. The number of carbonyl (C=O) groups excluding carboxylic acids is 1. The zero-order valence-corrected chi connectivity index (χ0v) is 14.1. The van der Waals surface area contributed by atoms with Gasteiger partial charge in [-0.1, -0.05) is 48.0 Å². The smallest absolute Gasteiger partial charge is 0.246 e. The highest BCUT2D eigenvalue weighted by atomic mass is 35.5. The lowest BCUT2D eigenvalue weighted by Gasteiger charge is -2.19. The number of ether oxygens (including phenoxy) is 1. The van der Waals surface area contributed by atoms with Crippen molar-refractivity contribution in [3.63, 3.8) is 0 Å². The Morgan fingerprint density at radius 2 is 1.96 bits per heavy atom. The first-order valence-corrected chi connectivity index (χ1v) is 7.84. The van der Waals surface area contributed by atoms with E-state index in [0.717, 1.165) is 11.1 Å². The third kappa shape index (κ3) is 5.06. The molecule has 0 bridgehead atoms. The summed E-state index contributed by atoms with van der Waals surface area (Å²) in [6.45, 7) is 3.04. The molecule has 0 radical (unpaired) electrons. The number of benzene rings is 2. The molecule has 2 N–H and O–H groups in total. The minimum atomic E-state index is -0.452. The van der Waals surface area contributed by atoms with Gasteiger partial charge in [-0.3, -0.25) is 10.1 Å². The van der Waals surface area contributed by atoms with Crippen molar-refractivity contribution >= 4 is 23.2 Å². The van der Waals surface area contributed by atoms with Crippen molar-refractivity contribution in [3.05, 3.63) is 64.7 Å². The summed E-state index contributed by atoms with van der Waals surface area (Å²) in [6, 6.07) is 14.6. The topological polar surface area (TPSA) is 50.4 Å². The molecule has 23 heavy (non-hydrogen) atoms. The molecule has 0 aromatic heterocycles. The molecule has 0 saturated carbocycles. The first kappa shape index (κ1) is 17.5. The van der Waals surface area contributed by atoms with Crippen molar-refractivity contribution in [2.75, 3.05) is 25.6 Å². The van der Waals surface area contributed by atoms with Crippen LogP contribution in [0.5, 0.6) is 0 Å². The number of amides is 1. The Hall–Kier alpha value is -1.88. The lowest BCUT2D eigenvalue weighted by atomic mass is 10.1. The number of carbonyl (C=O) groups is 1. The Labute approximate surface area is 141 Å². The maximum Gasteiger partial charge on any atom is 0.246 e. The second kappa shape index (κ2) is 8.67. The van der Waals surface area contributed by atoms with E-state index in [1.165, 1.54) is 0 Å². The fraction of sp³-hybridized carbons (Fsp3) is 0.278. The van der Waals surface area contributed by atoms with Gasteiger partial charge in [-0.15, -0.1) is 0 Å². The van der Waals surface area contributed by atoms with Crippen LogP contribution in [0.25, 0.3) is 0 Å². The summed E-state index contributed by atoms with van der Waals surface area (Å²) < 4.78 is 5.04. The molecule has 4 nitrogen and oxygen atoms in total. The number of hydrogen-bond donors (Lipinski definition) is 2. The zero-order valence-electron chi connectivity index (χ0n) is 13.3. The van der Waals surface area contributed by atoms with E-state index in [-0.39, 0.29) is 5.91 Å². The standard InChI is InChI=1S/C18H21ClN2O2/c1-13-8-9-15(12-16(13)19)21-18(22)17(20-10-11-23-2)14-6-4-3-5-7-14/h3-9,12,17,20H,10-11H2,1-2H3,(H,21,22)/t17-/m1/s1. The minimum Gasteiger partial charge on any atom is -0.383 e. The van der Waals surface area contributed by atoms with Gasteiger partial charge in [0.15, 0.2) is 0 Å². The lowest BCUT2D eigenvalue weighted by Crippen LogP contribution is -2.34. The molecule has 2 aromatic rings. The number of hydrogen-bond acceptors (Lipinski definition) is 3. The van der Waals surface area contributed by atoms with Gasteiger partial charge in [0.1, 0.15) is 6.04 Å². The molecule has 0 saturated heterocycles. The number of methoxy groups -OCH3 is 1. The van der Waals surface area contributed by atoms with Gasteiger partial charge in [0.25, 0.3) is 0 Å². The predicted molar refractivity (Wildman–Crippen MR) is 93.9 cm³/mol. The summed E-state index contributed by atoms with van der Waals surface area (Å²) in [5.41, 5.74) is 2.56. The van der Waals surface area contributed by atoms with Crippen molar-refractivity contribution < 1.29 is 9.53 Å². The Bertz CT molecular complexity index is 647. The van der Waals surface area contributed by atoms with Gasteiger partial charge in [0.05, 0.1) is 6.61 Å². The van der Waals surface area contributed by atoms with E-state index in [0.29, 0.717) is 23.9 Å². The summed E-state index contributed by atoms with van der Waals surface area (Å²) >= 11 is 6.11. The summed E-state index contributed by atoms with van der Waals surface area (Å²) in [6.07, 6.45) is 0. The molecule has 122 valence electrons. The summed E-state index contributed by atoms with van der Waals surface area (Å²) in [4.78, 5) is 12.6.